The molecule has 1 N–H and O–H groups in total. The van der Waals surface area contributed by atoms with Crippen LogP contribution in [0.2, 0.25) is 0 Å². The van der Waals surface area contributed by atoms with Crippen molar-refractivity contribution in [2.75, 3.05) is 46.4 Å². The van der Waals surface area contributed by atoms with E-state index in [-0.39, 0.29) is 16.9 Å². The molecule has 0 aromatic heterocycles. The van der Waals surface area contributed by atoms with Crippen molar-refractivity contribution in [3.8, 4) is 0 Å². The van der Waals surface area contributed by atoms with Gasteiger partial charge in [0.05, 0.1) is 24.8 Å². The lowest BCUT2D eigenvalue weighted by Gasteiger charge is -2.30. The zero-order chi connectivity index (χ0) is 19.1. The van der Waals surface area contributed by atoms with Crippen molar-refractivity contribution in [3.05, 3.63) is 23.8 Å². The average molecular weight is 378 g/mol. The fraction of sp³-hybridized carbons (Fsp3) is 0.556. The Labute approximate surface area is 159 Å². The Morgan fingerprint density at radius 1 is 1.42 bits per heavy atom. The van der Waals surface area contributed by atoms with E-state index in [0.29, 0.717) is 31.0 Å². The number of carbonyl (C=O) groups excluding carboxylic acids is 2. The van der Waals surface area contributed by atoms with Crippen molar-refractivity contribution in [1.82, 2.24) is 15.1 Å². The summed E-state index contributed by atoms with van der Waals surface area (Å²) >= 11 is 5.22. The molecule has 0 aromatic rings. The highest BCUT2D eigenvalue weighted by Gasteiger charge is 2.34. The number of aliphatic imine (C=N–C) groups is 1. The maximum absolute atomic E-state index is 12.6. The van der Waals surface area contributed by atoms with Gasteiger partial charge in [0.15, 0.2) is 0 Å². The number of methoxy groups -OCH3 is 1. The van der Waals surface area contributed by atoms with Crippen molar-refractivity contribution in [1.29, 1.82) is 0 Å². The van der Waals surface area contributed by atoms with Crippen LogP contribution in [-0.2, 0) is 14.3 Å². The van der Waals surface area contributed by atoms with E-state index in [1.807, 2.05) is 0 Å². The fourth-order valence-electron chi connectivity index (χ4n) is 2.84. The first-order chi connectivity index (χ1) is 12.5. The molecule has 0 saturated heterocycles. The summed E-state index contributed by atoms with van der Waals surface area (Å²) in [5.74, 6) is -0.800. The van der Waals surface area contributed by atoms with Crippen molar-refractivity contribution in [2.45, 2.75) is 13.8 Å². The largest absolute Gasteiger partial charge is 0.383 e. The Hall–Kier alpha value is -1.90. The summed E-state index contributed by atoms with van der Waals surface area (Å²) in [6, 6.07) is 0. The van der Waals surface area contributed by atoms with Gasteiger partial charge in [-0.2, -0.15) is 0 Å². The first kappa shape index (κ1) is 20.4. The summed E-state index contributed by atoms with van der Waals surface area (Å²) in [7, 11) is 1.57. The van der Waals surface area contributed by atoms with Crippen LogP contribution in [0.5, 0.6) is 0 Å². The third-order valence-corrected chi connectivity index (χ3v) is 4.78. The van der Waals surface area contributed by atoms with Crippen molar-refractivity contribution < 1.29 is 14.3 Å². The summed E-state index contributed by atoms with van der Waals surface area (Å²) in [6.07, 6.45) is 5.04. The molecule has 1 atom stereocenters. The zero-order valence-corrected chi connectivity index (χ0v) is 16.3. The van der Waals surface area contributed by atoms with Crippen LogP contribution in [0, 0.1) is 5.92 Å². The van der Waals surface area contributed by atoms with Gasteiger partial charge in [-0.3, -0.25) is 14.5 Å². The van der Waals surface area contributed by atoms with E-state index in [1.165, 1.54) is 4.90 Å². The number of ether oxygens (including phenoxy) is 1. The molecule has 0 bridgehead atoms. The van der Waals surface area contributed by atoms with E-state index >= 15 is 0 Å². The van der Waals surface area contributed by atoms with E-state index in [0.717, 1.165) is 19.6 Å². The minimum Gasteiger partial charge on any atom is -0.383 e. The first-order valence-electron chi connectivity index (χ1n) is 8.85. The molecule has 0 radical (unpaired) electrons. The number of carbonyl (C=O) groups is 2. The summed E-state index contributed by atoms with van der Waals surface area (Å²) in [6.45, 7) is 8.23. The summed E-state index contributed by atoms with van der Waals surface area (Å²) in [5.41, 5.74) is 1.01. The third-order valence-electron chi connectivity index (χ3n) is 4.47. The number of amides is 2. The second kappa shape index (κ2) is 9.70. The SMILES string of the molecule is CCN(CC)CCNC(=O)C1=CC2=NC(=S)N(CCOC)C(=O)C2C=C1. The number of hydrogen-bond donors (Lipinski definition) is 1. The quantitative estimate of drug-likeness (QED) is 0.600. The maximum Gasteiger partial charge on any atom is 0.251 e. The molecule has 7 nitrogen and oxygen atoms in total. The number of allylic oxidation sites excluding steroid dienone is 1. The van der Waals surface area contributed by atoms with Crippen molar-refractivity contribution >= 4 is 34.9 Å². The molecule has 142 valence electrons. The molecule has 0 fully saturated rings. The number of rotatable bonds is 9. The molecule has 26 heavy (non-hydrogen) atoms. The molecular weight excluding hydrogens is 352 g/mol. The van der Waals surface area contributed by atoms with Crippen molar-refractivity contribution in [3.63, 3.8) is 0 Å². The fourth-order valence-corrected chi connectivity index (χ4v) is 3.13. The van der Waals surface area contributed by atoms with Gasteiger partial charge in [-0.25, -0.2) is 4.99 Å². The molecule has 2 amide bonds. The highest BCUT2D eigenvalue weighted by atomic mass is 32.1. The normalized spacial score (nSPS) is 19.4. The van der Waals surface area contributed by atoms with Gasteiger partial charge in [-0.15, -0.1) is 0 Å². The third kappa shape index (κ3) is 4.84. The zero-order valence-electron chi connectivity index (χ0n) is 15.5. The molecular formula is C18H26N4O3S. The number of likely N-dealkylation sites (N-methyl/N-ethyl adjacent to an activating group) is 1. The molecule has 1 heterocycles. The Morgan fingerprint density at radius 3 is 2.81 bits per heavy atom. The standard InChI is InChI=1S/C18H26N4O3S/c1-4-21(5-2)9-8-19-16(23)13-6-7-14-15(12-13)20-18(26)22(17(14)24)10-11-25-3/h6-7,12,14H,4-5,8-11H2,1-3H3,(H,19,23). The predicted molar refractivity (Wildman–Crippen MR) is 105 cm³/mol. The smallest absolute Gasteiger partial charge is 0.251 e. The number of fused-ring (bicyclic) bond motifs is 1. The van der Waals surface area contributed by atoms with Gasteiger partial charge in [-0.05, 0) is 31.4 Å². The summed E-state index contributed by atoms with van der Waals surface area (Å²) in [5, 5.41) is 3.12. The topological polar surface area (TPSA) is 74.2 Å². The van der Waals surface area contributed by atoms with Crippen LogP contribution in [-0.4, -0.2) is 78.9 Å². The summed E-state index contributed by atoms with van der Waals surface area (Å²) in [4.78, 5) is 32.9. The molecule has 1 unspecified atom stereocenters. The second-order valence-corrected chi connectivity index (χ2v) is 6.39. The van der Waals surface area contributed by atoms with Gasteiger partial charge in [0.25, 0.3) is 5.91 Å². The van der Waals surface area contributed by atoms with Crippen LogP contribution in [0.3, 0.4) is 0 Å². The lowest BCUT2D eigenvalue weighted by molar-refractivity contribution is -0.129. The lowest BCUT2D eigenvalue weighted by atomic mass is 9.92. The first-order valence-corrected chi connectivity index (χ1v) is 9.25. The molecule has 8 heteroatoms. The van der Waals surface area contributed by atoms with Gasteiger partial charge >= 0.3 is 0 Å². The number of thiocarbonyl (C=S) groups is 1. The van der Waals surface area contributed by atoms with Crippen LogP contribution < -0.4 is 5.32 Å². The van der Waals surface area contributed by atoms with E-state index in [2.05, 4.69) is 29.1 Å². The summed E-state index contributed by atoms with van der Waals surface area (Å²) < 4.78 is 5.01. The number of nitrogens with zero attached hydrogens (tertiary/aromatic N) is 3. The molecule has 2 aliphatic rings. The maximum atomic E-state index is 12.6. The van der Waals surface area contributed by atoms with E-state index < -0.39 is 5.92 Å². The Morgan fingerprint density at radius 2 is 2.15 bits per heavy atom. The molecule has 1 aliphatic heterocycles. The highest BCUT2D eigenvalue weighted by Crippen LogP contribution is 2.22. The van der Waals surface area contributed by atoms with Gasteiger partial charge in [-0.1, -0.05) is 26.0 Å². The Bertz CT molecular complexity index is 653. The molecule has 0 saturated carbocycles. The van der Waals surface area contributed by atoms with Gasteiger partial charge in [0.1, 0.15) is 0 Å². The Balaban J connectivity index is 2.02. The van der Waals surface area contributed by atoms with Crippen LogP contribution in [0.15, 0.2) is 28.8 Å². The minimum atomic E-state index is -0.495. The lowest BCUT2D eigenvalue weighted by Crippen LogP contribution is -2.47. The van der Waals surface area contributed by atoms with E-state index in [1.54, 1.807) is 25.3 Å². The van der Waals surface area contributed by atoms with E-state index in [9.17, 15) is 9.59 Å². The van der Waals surface area contributed by atoms with Crippen LogP contribution in [0.1, 0.15) is 13.8 Å². The predicted octanol–water partition coefficient (Wildman–Crippen LogP) is 0.771. The molecule has 0 aromatic carbocycles. The van der Waals surface area contributed by atoms with Gasteiger partial charge < -0.3 is 15.0 Å². The van der Waals surface area contributed by atoms with Crippen LogP contribution in [0.25, 0.3) is 0 Å². The molecule has 2 rings (SSSR count). The van der Waals surface area contributed by atoms with Gasteiger partial charge in [0.2, 0.25) is 11.0 Å². The van der Waals surface area contributed by atoms with Gasteiger partial charge in [0, 0.05) is 25.8 Å². The molecule has 1 aliphatic carbocycles. The van der Waals surface area contributed by atoms with Crippen LogP contribution in [0.4, 0.5) is 0 Å². The number of nitrogens with one attached hydrogen (secondary N) is 1. The molecule has 0 spiro atoms. The average Bonchev–Trinajstić information content (AvgIpc) is 2.64. The Kier molecular flexibility index (Phi) is 7.62. The minimum absolute atomic E-state index is 0.134. The second-order valence-electron chi connectivity index (χ2n) is 6.02. The number of hydrogen-bond acceptors (Lipinski definition) is 5. The van der Waals surface area contributed by atoms with Crippen LogP contribution >= 0.6 is 12.2 Å². The highest BCUT2D eigenvalue weighted by molar-refractivity contribution is 7.80. The van der Waals surface area contributed by atoms with E-state index in [4.69, 9.17) is 17.0 Å². The monoisotopic (exact) mass is 378 g/mol. The van der Waals surface area contributed by atoms with Crippen molar-refractivity contribution in [2.24, 2.45) is 10.9 Å².